The summed E-state index contributed by atoms with van der Waals surface area (Å²) in [5, 5.41) is 0. The van der Waals surface area contributed by atoms with Gasteiger partial charge in [0.25, 0.3) is 0 Å². The number of rotatable bonds is 10. The lowest BCUT2D eigenvalue weighted by Crippen LogP contribution is -2.44. The molecule has 19 heavy (non-hydrogen) atoms. The van der Waals surface area contributed by atoms with E-state index in [0.717, 1.165) is 12.8 Å². The molecule has 0 aromatic carbocycles. The number of amides is 1. The van der Waals surface area contributed by atoms with Crippen molar-refractivity contribution in [3.63, 3.8) is 0 Å². The monoisotopic (exact) mass is 272 g/mol. The number of primary amides is 1. The van der Waals surface area contributed by atoms with Gasteiger partial charge < -0.3 is 10.5 Å². The summed E-state index contributed by atoms with van der Waals surface area (Å²) >= 11 is 0. The number of nitrogens with zero attached hydrogens (tertiary/aromatic N) is 1. The van der Waals surface area contributed by atoms with Crippen LogP contribution in [0.25, 0.3) is 0 Å². The quantitative estimate of drug-likeness (QED) is 0.612. The lowest BCUT2D eigenvalue weighted by atomic mass is 9.98. The number of carbonyl (C=O) groups excluding carboxylic acids is 2. The molecule has 0 aliphatic heterocycles. The van der Waals surface area contributed by atoms with E-state index in [4.69, 9.17) is 10.5 Å². The van der Waals surface area contributed by atoms with E-state index in [-0.39, 0.29) is 23.8 Å². The van der Waals surface area contributed by atoms with Gasteiger partial charge in [0.2, 0.25) is 5.91 Å². The molecule has 0 saturated carbocycles. The maximum absolute atomic E-state index is 11.6. The Morgan fingerprint density at radius 2 is 1.89 bits per heavy atom. The van der Waals surface area contributed by atoms with E-state index in [0.29, 0.717) is 26.0 Å². The molecule has 0 fully saturated rings. The second-order valence-corrected chi connectivity index (χ2v) is 4.93. The standard InChI is InChI=1S/C14H28N2O3/c1-5-8-11(9-13(17)19-7-3)10-16(4)12(6-2)14(15)18/h11-12H,5-10H2,1-4H3,(H2,15,18)/t11-,12?/m1/s1. The Balaban J connectivity index is 4.46. The van der Waals surface area contributed by atoms with Crippen LogP contribution < -0.4 is 5.73 Å². The van der Waals surface area contributed by atoms with Crippen molar-refractivity contribution >= 4 is 11.9 Å². The largest absolute Gasteiger partial charge is 0.466 e. The summed E-state index contributed by atoms with van der Waals surface area (Å²) in [5.41, 5.74) is 5.37. The molecule has 2 atom stereocenters. The number of hydrogen-bond donors (Lipinski definition) is 1. The Kier molecular flexibility index (Phi) is 9.21. The molecule has 0 radical (unpaired) electrons. The van der Waals surface area contributed by atoms with Crippen molar-refractivity contribution in [1.82, 2.24) is 4.90 Å². The number of esters is 1. The summed E-state index contributed by atoms with van der Waals surface area (Å²) in [6.45, 7) is 6.93. The van der Waals surface area contributed by atoms with Crippen LogP contribution in [-0.4, -0.2) is 43.0 Å². The molecule has 0 aromatic rings. The van der Waals surface area contributed by atoms with E-state index < -0.39 is 0 Å². The van der Waals surface area contributed by atoms with Gasteiger partial charge in [-0.1, -0.05) is 20.3 Å². The van der Waals surface area contributed by atoms with Crippen LogP contribution in [0.5, 0.6) is 0 Å². The second-order valence-electron chi connectivity index (χ2n) is 4.93. The van der Waals surface area contributed by atoms with Crippen molar-refractivity contribution < 1.29 is 14.3 Å². The molecular weight excluding hydrogens is 244 g/mol. The van der Waals surface area contributed by atoms with Gasteiger partial charge in [0.05, 0.1) is 12.6 Å². The third kappa shape index (κ3) is 7.15. The Hall–Kier alpha value is -1.10. The Morgan fingerprint density at radius 3 is 2.32 bits per heavy atom. The SMILES string of the molecule is CCC[C@H](CC(=O)OCC)CN(C)C(CC)C(N)=O. The van der Waals surface area contributed by atoms with Gasteiger partial charge in [-0.15, -0.1) is 0 Å². The molecule has 5 nitrogen and oxygen atoms in total. The lowest BCUT2D eigenvalue weighted by Gasteiger charge is -2.28. The van der Waals surface area contributed by atoms with Crippen LogP contribution in [-0.2, 0) is 14.3 Å². The highest BCUT2D eigenvalue weighted by Gasteiger charge is 2.23. The Bertz CT molecular complexity index is 282. The fourth-order valence-electron chi connectivity index (χ4n) is 2.39. The molecule has 5 heteroatoms. The maximum Gasteiger partial charge on any atom is 0.306 e. The van der Waals surface area contributed by atoms with Crippen molar-refractivity contribution in [3.8, 4) is 0 Å². The predicted octanol–water partition coefficient (Wildman–Crippen LogP) is 1.55. The molecule has 0 spiro atoms. The fourth-order valence-corrected chi connectivity index (χ4v) is 2.39. The molecule has 0 rings (SSSR count). The molecule has 1 unspecified atom stereocenters. The second kappa shape index (κ2) is 9.78. The highest BCUT2D eigenvalue weighted by Crippen LogP contribution is 2.15. The fraction of sp³-hybridized carbons (Fsp3) is 0.857. The average Bonchev–Trinajstić information content (AvgIpc) is 2.29. The summed E-state index contributed by atoms with van der Waals surface area (Å²) in [7, 11) is 1.88. The first-order chi connectivity index (χ1) is 8.96. The number of carbonyl (C=O) groups is 2. The Labute approximate surface area is 116 Å². The van der Waals surface area contributed by atoms with Gasteiger partial charge in [-0.05, 0) is 32.7 Å². The van der Waals surface area contributed by atoms with Gasteiger partial charge in [0.15, 0.2) is 0 Å². The van der Waals surface area contributed by atoms with Gasteiger partial charge in [0, 0.05) is 13.0 Å². The molecule has 1 amide bonds. The highest BCUT2D eigenvalue weighted by atomic mass is 16.5. The molecule has 0 heterocycles. The minimum atomic E-state index is -0.309. The van der Waals surface area contributed by atoms with E-state index in [1.54, 1.807) is 6.92 Å². The van der Waals surface area contributed by atoms with E-state index in [1.807, 2.05) is 18.9 Å². The van der Waals surface area contributed by atoms with Crippen LogP contribution in [0.3, 0.4) is 0 Å². The van der Waals surface area contributed by atoms with Crippen LogP contribution in [0.2, 0.25) is 0 Å². The normalized spacial score (nSPS) is 14.2. The number of hydrogen-bond acceptors (Lipinski definition) is 4. The maximum atomic E-state index is 11.6. The first-order valence-corrected chi connectivity index (χ1v) is 7.11. The zero-order valence-electron chi connectivity index (χ0n) is 12.6. The molecule has 2 N–H and O–H groups in total. The summed E-state index contributed by atoms with van der Waals surface area (Å²) < 4.78 is 4.99. The molecule has 112 valence electrons. The minimum Gasteiger partial charge on any atom is -0.466 e. The summed E-state index contributed by atoms with van der Waals surface area (Å²) in [6, 6.07) is -0.262. The number of ether oxygens (including phenoxy) is 1. The van der Waals surface area contributed by atoms with Crippen molar-refractivity contribution in [1.29, 1.82) is 0 Å². The van der Waals surface area contributed by atoms with Gasteiger partial charge in [-0.3, -0.25) is 14.5 Å². The number of likely N-dealkylation sites (N-methyl/N-ethyl adjacent to an activating group) is 1. The van der Waals surface area contributed by atoms with E-state index in [2.05, 4.69) is 6.92 Å². The summed E-state index contributed by atoms with van der Waals surface area (Å²) in [6.07, 6.45) is 3.04. The van der Waals surface area contributed by atoms with E-state index >= 15 is 0 Å². The zero-order chi connectivity index (χ0) is 14.8. The molecule has 0 aliphatic rings. The lowest BCUT2D eigenvalue weighted by molar-refractivity contribution is -0.144. The van der Waals surface area contributed by atoms with Gasteiger partial charge in [0.1, 0.15) is 0 Å². The molecule has 0 aromatic heterocycles. The molecular formula is C14H28N2O3. The van der Waals surface area contributed by atoms with Crippen LogP contribution in [0.15, 0.2) is 0 Å². The van der Waals surface area contributed by atoms with Crippen molar-refractivity contribution in [2.24, 2.45) is 11.7 Å². The molecule has 0 bridgehead atoms. The third-order valence-electron chi connectivity index (χ3n) is 3.25. The van der Waals surface area contributed by atoms with Crippen molar-refractivity contribution in [2.45, 2.75) is 52.5 Å². The summed E-state index contributed by atoms with van der Waals surface area (Å²) in [5.74, 6) is -0.264. The highest BCUT2D eigenvalue weighted by molar-refractivity contribution is 5.79. The zero-order valence-corrected chi connectivity index (χ0v) is 12.6. The van der Waals surface area contributed by atoms with Gasteiger partial charge >= 0.3 is 5.97 Å². The minimum absolute atomic E-state index is 0.165. The average molecular weight is 272 g/mol. The van der Waals surface area contributed by atoms with Crippen LogP contribution in [0, 0.1) is 5.92 Å². The van der Waals surface area contributed by atoms with Crippen molar-refractivity contribution in [3.05, 3.63) is 0 Å². The van der Waals surface area contributed by atoms with Gasteiger partial charge in [-0.25, -0.2) is 0 Å². The molecule has 0 aliphatic carbocycles. The van der Waals surface area contributed by atoms with Gasteiger partial charge in [-0.2, -0.15) is 0 Å². The smallest absolute Gasteiger partial charge is 0.306 e. The summed E-state index contributed by atoms with van der Waals surface area (Å²) in [4.78, 5) is 24.8. The van der Waals surface area contributed by atoms with E-state index in [1.165, 1.54) is 0 Å². The van der Waals surface area contributed by atoms with Crippen LogP contribution >= 0.6 is 0 Å². The van der Waals surface area contributed by atoms with E-state index in [9.17, 15) is 9.59 Å². The Morgan fingerprint density at radius 1 is 1.26 bits per heavy atom. The molecule has 0 saturated heterocycles. The van der Waals surface area contributed by atoms with Crippen molar-refractivity contribution in [2.75, 3.05) is 20.2 Å². The first-order valence-electron chi connectivity index (χ1n) is 7.11. The number of nitrogens with two attached hydrogens (primary N) is 1. The first kappa shape index (κ1) is 17.9. The van der Waals surface area contributed by atoms with Crippen LogP contribution in [0.4, 0.5) is 0 Å². The predicted molar refractivity (Wildman–Crippen MR) is 75.6 cm³/mol. The third-order valence-corrected chi connectivity index (χ3v) is 3.25. The van der Waals surface area contributed by atoms with Crippen LogP contribution in [0.1, 0.15) is 46.5 Å². The topological polar surface area (TPSA) is 72.6 Å².